The average Bonchev–Trinajstić information content (AvgIpc) is 2.86. The molecular weight excluding hydrogens is 266 g/mol. The van der Waals surface area contributed by atoms with E-state index in [-0.39, 0.29) is 5.56 Å². The number of rotatable bonds is 2. The summed E-state index contributed by atoms with van der Waals surface area (Å²) >= 11 is 0. The first-order valence-corrected chi connectivity index (χ1v) is 6.47. The molecule has 2 heterocycles. The maximum Gasteiger partial charge on any atom is 0.264 e. The van der Waals surface area contributed by atoms with Crippen molar-refractivity contribution in [3.8, 4) is 6.07 Å². The lowest BCUT2D eigenvalue weighted by atomic mass is 10.1. The van der Waals surface area contributed by atoms with Gasteiger partial charge in [0, 0.05) is 7.05 Å². The molecule has 0 atom stereocenters. The second kappa shape index (κ2) is 4.87. The van der Waals surface area contributed by atoms with Gasteiger partial charge < -0.3 is 0 Å². The summed E-state index contributed by atoms with van der Waals surface area (Å²) in [4.78, 5) is 16.7. The minimum atomic E-state index is -0.114. The quantitative estimate of drug-likeness (QED) is 0.709. The molecule has 0 unspecified atom stereocenters. The van der Waals surface area contributed by atoms with E-state index >= 15 is 0 Å². The molecule has 0 saturated heterocycles. The van der Waals surface area contributed by atoms with Crippen LogP contribution in [-0.2, 0) is 13.6 Å². The molecule has 0 saturated carbocycles. The van der Waals surface area contributed by atoms with Crippen LogP contribution in [0, 0.1) is 18.3 Å². The van der Waals surface area contributed by atoms with E-state index in [1.165, 1.54) is 12.5 Å². The van der Waals surface area contributed by atoms with Crippen LogP contribution in [0.15, 0.2) is 35.5 Å². The highest BCUT2D eigenvalue weighted by atomic mass is 16.1. The molecule has 0 amide bonds. The summed E-state index contributed by atoms with van der Waals surface area (Å²) in [6.45, 7) is 2.35. The van der Waals surface area contributed by atoms with Gasteiger partial charge in [-0.25, -0.2) is 4.98 Å². The minimum absolute atomic E-state index is 0.114. The zero-order valence-electron chi connectivity index (χ0n) is 11.7. The summed E-state index contributed by atoms with van der Waals surface area (Å²) < 4.78 is 3.13. The van der Waals surface area contributed by atoms with Crippen molar-refractivity contribution in [1.29, 1.82) is 5.26 Å². The van der Waals surface area contributed by atoms with E-state index in [2.05, 4.69) is 16.2 Å². The zero-order chi connectivity index (χ0) is 15.0. The summed E-state index contributed by atoms with van der Waals surface area (Å²) in [6.07, 6.45) is 3.07. The number of hydrogen-bond donors (Lipinski definition) is 0. The minimum Gasteiger partial charge on any atom is -0.294 e. The molecule has 0 N–H and O–H groups in total. The molecule has 0 aliphatic rings. The Morgan fingerprint density at radius 1 is 1.38 bits per heavy atom. The van der Waals surface area contributed by atoms with Crippen LogP contribution in [0.3, 0.4) is 0 Å². The van der Waals surface area contributed by atoms with E-state index in [1.54, 1.807) is 22.4 Å². The number of aryl methyl sites for hydroxylation is 2. The smallest absolute Gasteiger partial charge is 0.264 e. The summed E-state index contributed by atoms with van der Waals surface area (Å²) in [5.74, 6) is 0. The van der Waals surface area contributed by atoms with Crippen molar-refractivity contribution in [2.24, 2.45) is 7.05 Å². The number of nitrogens with zero attached hydrogens (tertiary/aromatic N) is 5. The molecular formula is C15H13N5O. The van der Waals surface area contributed by atoms with Gasteiger partial charge in [0.05, 0.1) is 24.4 Å². The highest BCUT2D eigenvalue weighted by molar-refractivity contribution is 5.72. The van der Waals surface area contributed by atoms with E-state index in [1.807, 2.05) is 19.1 Å². The number of benzene rings is 1. The molecule has 0 bridgehead atoms. The van der Waals surface area contributed by atoms with Crippen LogP contribution in [0.5, 0.6) is 0 Å². The monoisotopic (exact) mass is 279 g/mol. The fraction of sp³-hybridized carbons (Fsp3) is 0.200. The number of nitriles is 1. The lowest BCUT2D eigenvalue weighted by molar-refractivity contribution is 0.734. The first-order chi connectivity index (χ1) is 10.1. The lowest BCUT2D eigenvalue weighted by Crippen LogP contribution is -2.21. The van der Waals surface area contributed by atoms with Crippen LogP contribution >= 0.6 is 0 Å². The van der Waals surface area contributed by atoms with Gasteiger partial charge in [-0.1, -0.05) is 6.07 Å². The molecule has 0 aliphatic heterocycles. The third kappa shape index (κ3) is 2.19. The van der Waals surface area contributed by atoms with Gasteiger partial charge in [0.25, 0.3) is 5.56 Å². The Bertz CT molecular complexity index is 929. The molecule has 0 fully saturated rings. The van der Waals surface area contributed by atoms with Crippen LogP contribution in [0.25, 0.3) is 11.0 Å². The standard InChI is InChI=1S/C15H13N5O/c1-10-5-11(6-16)3-4-12(10)8-20-9-17-14-13(15(20)21)7-18-19(14)2/h3-5,7,9H,8H2,1-2H3. The van der Waals surface area contributed by atoms with Gasteiger partial charge >= 0.3 is 0 Å². The Balaban J connectivity index is 2.05. The van der Waals surface area contributed by atoms with Crippen molar-refractivity contribution in [2.75, 3.05) is 0 Å². The van der Waals surface area contributed by atoms with Crippen molar-refractivity contribution >= 4 is 11.0 Å². The van der Waals surface area contributed by atoms with Gasteiger partial charge in [-0.05, 0) is 30.2 Å². The van der Waals surface area contributed by atoms with Crippen molar-refractivity contribution in [1.82, 2.24) is 19.3 Å². The van der Waals surface area contributed by atoms with Crippen molar-refractivity contribution in [2.45, 2.75) is 13.5 Å². The van der Waals surface area contributed by atoms with Crippen molar-refractivity contribution < 1.29 is 0 Å². The van der Waals surface area contributed by atoms with Crippen LogP contribution in [0.1, 0.15) is 16.7 Å². The summed E-state index contributed by atoms with van der Waals surface area (Å²) in [5.41, 5.74) is 3.04. The first kappa shape index (κ1) is 13.1. The molecule has 1 aromatic carbocycles. The van der Waals surface area contributed by atoms with Gasteiger partial charge in [0.15, 0.2) is 5.65 Å². The molecule has 0 spiro atoms. The third-order valence-electron chi connectivity index (χ3n) is 3.53. The van der Waals surface area contributed by atoms with E-state index in [0.717, 1.165) is 11.1 Å². The Kier molecular flexibility index (Phi) is 3.03. The maximum absolute atomic E-state index is 12.4. The maximum atomic E-state index is 12.4. The van der Waals surface area contributed by atoms with Crippen LogP contribution < -0.4 is 5.56 Å². The predicted molar refractivity (Wildman–Crippen MR) is 77.8 cm³/mol. The van der Waals surface area contributed by atoms with Crippen molar-refractivity contribution in [3.63, 3.8) is 0 Å². The summed E-state index contributed by atoms with van der Waals surface area (Å²) in [5, 5.41) is 13.4. The third-order valence-corrected chi connectivity index (χ3v) is 3.53. The van der Waals surface area contributed by atoms with E-state index in [0.29, 0.717) is 23.1 Å². The first-order valence-electron chi connectivity index (χ1n) is 6.47. The molecule has 3 aromatic rings. The van der Waals surface area contributed by atoms with Gasteiger partial charge in [0.2, 0.25) is 0 Å². The molecule has 6 heteroatoms. The fourth-order valence-electron chi connectivity index (χ4n) is 2.31. The number of aromatic nitrogens is 4. The van der Waals surface area contributed by atoms with E-state index in [9.17, 15) is 4.79 Å². The highest BCUT2D eigenvalue weighted by Crippen LogP contribution is 2.12. The van der Waals surface area contributed by atoms with Gasteiger partial charge in [0.1, 0.15) is 11.7 Å². The zero-order valence-corrected chi connectivity index (χ0v) is 11.7. The second-order valence-electron chi connectivity index (χ2n) is 4.94. The predicted octanol–water partition coefficient (Wildman–Crippen LogP) is 1.36. The van der Waals surface area contributed by atoms with E-state index in [4.69, 9.17) is 5.26 Å². The Morgan fingerprint density at radius 2 is 2.19 bits per heavy atom. The number of fused-ring (bicyclic) bond motifs is 1. The molecule has 3 rings (SSSR count). The summed E-state index contributed by atoms with van der Waals surface area (Å²) in [7, 11) is 1.75. The van der Waals surface area contributed by atoms with Crippen LogP contribution in [-0.4, -0.2) is 19.3 Å². The largest absolute Gasteiger partial charge is 0.294 e. The summed E-state index contributed by atoms with van der Waals surface area (Å²) in [6, 6.07) is 7.54. The second-order valence-corrected chi connectivity index (χ2v) is 4.94. The SMILES string of the molecule is Cc1cc(C#N)ccc1Cn1cnc2c(cnn2C)c1=O. The van der Waals surface area contributed by atoms with Crippen molar-refractivity contribution in [3.05, 3.63) is 57.8 Å². The van der Waals surface area contributed by atoms with Gasteiger partial charge in [-0.2, -0.15) is 10.4 Å². The average molecular weight is 279 g/mol. The topological polar surface area (TPSA) is 76.5 Å². The normalized spacial score (nSPS) is 10.7. The fourth-order valence-corrected chi connectivity index (χ4v) is 2.31. The van der Waals surface area contributed by atoms with Gasteiger partial charge in [-0.15, -0.1) is 0 Å². The molecule has 0 aliphatic carbocycles. The highest BCUT2D eigenvalue weighted by Gasteiger charge is 2.09. The van der Waals surface area contributed by atoms with Gasteiger partial charge in [-0.3, -0.25) is 14.0 Å². The molecule has 21 heavy (non-hydrogen) atoms. The molecule has 6 nitrogen and oxygen atoms in total. The van der Waals surface area contributed by atoms with Crippen LogP contribution in [0.2, 0.25) is 0 Å². The molecule has 2 aromatic heterocycles. The Hall–Kier alpha value is -2.94. The molecule has 0 radical (unpaired) electrons. The lowest BCUT2D eigenvalue weighted by Gasteiger charge is -2.08. The number of hydrogen-bond acceptors (Lipinski definition) is 4. The Morgan fingerprint density at radius 3 is 2.90 bits per heavy atom. The van der Waals surface area contributed by atoms with Crippen LogP contribution in [0.4, 0.5) is 0 Å². The van der Waals surface area contributed by atoms with E-state index < -0.39 is 0 Å². The Labute approximate surface area is 120 Å². The molecule has 104 valence electrons.